The van der Waals surface area contributed by atoms with Crippen molar-refractivity contribution in [1.82, 2.24) is 15.6 Å². The summed E-state index contributed by atoms with van der Waals surface area (Å²) >= 11 is 0. The van der Waals surface area contributed by atoms with Crippen LogP contribution >= 0.6 is 0 Å². The lowest BCUT2D eigenvalue weighted by Gasteiger charge is -2.59. The molecule has 4 fully saturated rings. The minimum absolute atomic E-state index is 0.530. The lowest BCUT2D eigenvalue weighted by Crippen LogP contribution is -2.57. The van der Waals surface area contributed by atoms with Gasteiger partial charge in [-0.1, -0.05) is 5.16 Å². The molecule has 20 heavy (non-hydrogen) atoms. The standard InChI is InChI=1S/C15H22N4O/c1-9-2-11-3-10(1)5-15(4-9,6-11)13-8-17-14-12(7-16-13)18-20-19-14/h9-11,13,16H,1-8H2,(H,17,19). The van der Waals surface area contributed by atoms with E-state index in [1.807, 2.05) is 0 Å². The first-order chi connectivity index (χ1) is 9.81. The molecule has 1 aromatic heterocycles. The van der Waals surface area contributed by atoms with Crippen molar-refractivity contribution in [2.24, 2.45) is 23.2 Å². The Morgan fingerprint density at radius 2 is 1.70 bits per heavy atom. The summed E-state index contributed by atoms with van der Waals surface area (Å²) in [4.78, 5) is 0. The largest absolute Gasteiger partial charge is 0.364 e. The molecule has 6 rings (SSSR count). The van der Waals surface area contributed by atoms with E-state index in [0.717, 1.165) is 42.4 Å². The van der Waals surface area contributed by atoms with Crippen LogP contribution in [0.4, 0.5) is 5.82 Å². The molecule has 1 aromatic rings. The summed E-state index contributed by atoms with van der Waals surface area (Å²) in [5, 5.41) is 15.2. The normalized spacial score (nSPS) is 45.8. The van der Waals surface area contributed by atoms with Crippen LogP contribution in [-0.2, 0) is 6.54 Å². The van der Waals surface area contributed by atoms with Gasteiger partial charge in [0.05, 0.1) is 0 Å². The van der Waals surface area contributed by atoms with Crippen LogP contribution in [0.3, 0.4) is 0 Å². The summed E-state index contributed by atoms with van der Waals surface area (Å²) < 4.78 is 4.81. The average molecular weight is 274 g/mol. The van der Waals surface area contributed by atoms with E-state index in [9.17, 15) is 0 Å². The van der Waals surface area contributed by atoms with Crippen LogP contribution in [0, 0.1) is 23.2 Å². The molecule has 0 saturated heterocycles. The Hall–Kier alpha value is -1.10. The minimum atomic E-state index is 0.530. The van der Waals surface area contributed by atoms with Crippen molar-refractivity contribution >= 4 is 5.82 Å². The van der Waals surface area contributed by atoms with Crippen molar-refractivity contribution in [2.45, 2.75) is 51.1 Å². The number of nitrogens with zero attached hydrogens (tertiary/aromatic N) is 2. The summed E-state index contributed by atoms with van der Waals surface area (Å²) in [5.41, 5.74) is 1.46. The monoisotopic (exact) mass is 274 g/mol. The van der Waals surface area contributed by atoms with Crippen molar-refractivity contribution in [3.63, 3.8) is 0 Å². The van der Waals surface area contributed by atoms with Crippen LogP contribution in [0.2, 0.25) is 0 Å². The third-order valence-corrected chi connectivity index (χ3v) is 6.37. The summed E-state index contributed by atoms with van der Waals surface area (Å²) in [6.45, 7) is 1.76. The highest BCUT2D eigenvalue weighted by Gasteiger charge is 2.54. The van der Waals surface area contributed by atoms with Crippen molar-refractivity contribution in [1.29, 1.82) is 0 Å². The molecule has 2 heterocycles. The van der Waals surface area contributed by atoms with Gasteiger partial charge in [0, 0.05) is 19.1 Å². The molecule has 5 aliphatic rings. The van der Waals surface area contributed by atoms with Gasteiger partial charge in [-0.15, -0.1) is 0 Å². The van der Waals surface area contributed by atoms with Crippen molar-refractivity contribution < 1.29 is 4.63 Å². The average Bonchev–Trinajstić information content (AvgIpc) is 2.75. The number of hydrogen-bond acceptors (Lipinski definition) is 5. The topological polar surface area (TPSA) is 63.0 Å². The molecule has 0 aromatic carbocycles. The maximum Gasteiger partial charge on any atom is 0.195 e. The predicted molar refractivity (Wildman–Crippen MR) is 74.0 cm³/mol. The summed E-state index contributed by atoms with van der Waals surface area (Å²) in [6.07, 6.45) is 8.83. The Morgan fingerprint density at radius 1 is 1.00 bits per heavy atom. The number of rotatable bonds is 1. The number of hydrogen-bond donors (Lipinski definition) is 2. The fraction of sp³-hybridized carbons (Fsp3) is 0.867. The Kier molecular flexibility index (Phi) is 2.29. The number of aromatic nitrogens is 2. The molecular formula is C15H22N4O. The predicted octanol–water partition coefficient (Wildman–Crippen LogP) is 2.17. The van der Waals surface area contributed by atoms with E-state index in [-0.39, 0.29) is 0 Å². The van der Waals surface area contributed by atoms with E-state index in [0.29, 0.717) is 11.5 Å². The van der Waals surface area contributed by atoms with Gasteiger partial charge < -0.3 is 10.6 Å². The number of fused-ring (bicyclic) bond motifs is 1. The van der Waals surface area contributed by atoms with E-state index in [1.54, 1.807) is 0 Å². The Morgan fingerprint density at radius 3 is 2.40 bits per heavy atom. The highest BCUT2D eigenvalue weighted by Crippen LogP contribution is 2.61. The van der Waals surface area contributed by atoms with Gasteiger partial charge in [-0.2, -0.15) is 0 Å². The molecule has 2 N–H and O–H groups in total. The molecule has 4 bridgehead atoms. The van der Waals surface area contributed by atoms with Crippen LogP contribution in [-0.4, -0.2) is 22.9 Å². The van der Waals surface area contributed by atoms with E-state index < -0.39 is 0 Å². The van der Waals surface area contributed by atoms with Gasteiger partial charge in [0.1, 0.15) is 5.69 Å². The fourth-order valence-electron chi connectivity index (χ4n) is 5.98. The van der Waals surface area contributed by atoms with Gasteiger partial charge in [0.2, 0.25) is 0 Å². The van der Waals surface area contributed by atoms with Crippen molar-refractivity contribution in [3.05, 3.63) is 5.69 Å². The molecule has 0 amide bonds. The molecule has 1 atom stereocenters. The molecular weight excluding hydrogens is 252 g/mol. The Bertz CT molecular complexity index is 468. The lowest BCUT2D eigenvalue weighted by atomic mass is 9.47. The molecule has 5 heteroatoms. The maximum atomic E-state index is 4.81. The summed E-state index contributed by atoms with van der Waals surface area (Å²) in [7, 11) is 0. The van der Waals surface area contributed by atoms with Gasteiger partial charge in [0.25, 0.3) is 0 Å². The molecule has 4 saturated carbocycles. The van der Waals surface area contributed by atoms with E-state index in [2.05, 4.69) is 20.9 Å². The Balaban J connectivity index is 1.42. The van der Waals surface area contributed by atoms with Gasteiger partial charge in [0.15, 0.2) is 5.82 Å². The van der Waals surface area contributed by atoms with Gasteiger partial charge >= 0.3 is 0 Å². The lowest BCUT2D eigenvalue weighted by molar-refractivity contribution is -0.0714. The van der Waals surface area contributed by atoms with Crippen molar-refractivity contribution in [2.75, 3.05) is 11.9 Å². The highest BCUT2D eigenvalue weighted by atomic mass is 16.6. The van der Waals surface area contributed by atoms with Gasteiger partial charge in [-0.25, -0.2) is 4.63 Å². The van der Waals surface area contributed by atoms with Gasteiger partial charge in [-0.05, 0) is 66.9 Å². The zero-order valence-electron chi connectivity index (χ0n) is 11.8. The highest BCUT2D eigenvalue weighted by molar-refractivity contribution is 5.39. The molecule has 0 radical (unpaired) electrons. The number of nitrogens with one attached hydrogen (secondary N) is 2. The first-order valence-corrected chi connectivity index (χ1v) is 8.09. The SMILES string of the molecule is C1NC(C23CC4CC(CC(C4)C2)C3)CNc2nonc21. The summed E-state index contributed by atoms with van der Waals surface area (Å²) in [6, 6.07) is 0.562. The molecule has 108 valence electrons. The fourth-order valence-corrected chi connectivity index (χ4v) is 5.98. The molecule has 0 spiro atoms. The van der Waals surface area contributed by atoms with Crippen LogP contribution in [0.15, 0.2) is 4.63 Å². The third kappa shape index (κ3) is 1.59. The molecule has 1 unspecified atom stereocenters. The Labute approximate surface area is 118 Å². The van der Waals surface area contributed by atoms with E-state index >= 15 is 0 Å². The van der Waals surface area contributed by atoms with E-state index in [1.165, 1.54) is 38.5 Å². The zero-order valence-corrected chi connectivity index (χ0v) is 11.8. The first kappa shape index (κ1) is 11.5. The molecule has 5 nitrogen and oxygen atoms in total. The number of anilines is 1. The van der Waals surface area contributed by atoms with E-state index in [4.69, 9.17) is 4.63 Å². The smallest absolute Gasteiger partial charge is 0.195 e. The van der Waals surface area contributed by atoms with Gasteiger partial charge in [-0.3, -0.25) is 0 Å². The quantitative estimate of drug-likeness (QED) is 0.821. The maximum absolute atomic E-state index is 4.81. The second kappa shape index (κ2) is 3.97. The zero-order chi connectivity index (χ0) is 13.2. The second-order valence-electron chi connectivity index (χ2n) is 7.65. The molecule has 4 aliphatic carbocycles. The van der Waals surface area contributed by atoms with Crippen LogP contribution < -0.4 is 10.6 Å². The first-order valence-electron chi connectivity index (χ1n) is 8.09. The minimum Gasteiger partial charge on any atom is -0.364 e. The summed E-state index contributed by atoms with van der Waals surface area (Å²) in [5.74, 6) is 3.85. The van der Waals surface area contributed by atoms with Crippen molar-refractivity contribution in [3.8, 4) is 0 Å². The van der Waals surface area contributed by atoms with Crippen LogP contribution in [0.1, 0.15) is 44.2 Å². The second-order valence-corrected chi connectivity index (χ2v) is 7.65. The van der Waals surface area contributed by atoms with Crippen LogP contribution in [0.25, 0.3) is 0 Å². The van der Waals surface area contributed by atoms with Crippen LogP contribution in [0.5, 0.6) is 0 Å². The third-order valence-electron chi connectivity index (χ3n) is 6.37. The molecule has 1 aliphatic heterocycles.